The quantitative estimate of drug-likeness (QED) is 0.782. The summed E-state index contributed by atoms with van der Waals surface area (Å²) in [6.07, 6.45) is 0. The summed E-state index contributed by atoms with van der Waals surface area (Å²) in [4.78, 5) is 35.9. The van der Waals surface area contributed by atoms with Crippen LogP contribution in [0.15, 0.2) is 22.7 Å². The lowest BCUT2D eigenvalue weighted by Crippen LogP contribution is -2.53. The molecule has 0 spiro atoms. The summed E-state index contributed by atoms with van der Waals surface area (Å²) in [6, 6.07) is 5.31. The summed E-state index contributed by atoms with van der Waals surface area (Å²) in [5.74, 6) is -1.24. The highest BCUT2D eigenvalue weighted by molar-refractivity contribution is 9.10. The van der Waals surface area contributed by atoms with E-state index >= 15 is 0 Å². The minimum atomic E-state index is -0.456. The van der Waals surface area contributed by atoms with Crippen LogP contribution < -0.4 is 5.32 Å². The summed E-state index contributed by atoms with van der Waals surface area (Å²) in [5.41, 5.74) is 1.47. The molecule has 0 aromatic heterocycles. The number of benzene rings is 1. The lowest BCUT2D eigenvalue weighted by atomic mass is 10.1. The normalized spacial score (nSPS) is 15.6. The zero-order valence-corrected chi connectivity index (χ0v) is 11.3. The molecule has 1 aromatic rings. The second kappa shape index (κ2) is 4.89. The Morgan fingerprint density at radius 2 is 1.89 bits per heavy atom. The second-order valence-corrected chi connectivity index (χ2v) is 4.97. The fourth-order valence-electron chi connectivity index (χ4n) is 1.74. The minimum Gasteiger partial charge on any atom is -0.320 e. The van der Waals surface area contributed by atoms with Crippen molar-refractivity contribution in [1.29, 1.82) is 0 Å². The van der Waals surface area contributed by atoms with Crippen molar-refractivity contribution >= 4 is 33.7 Å². The fourth-order valence-corrected chi connectivity index (χ4v) is 2.41. The van der Waals surface area contributed by atoms with Crippen LogP contribution in [0.2, 0.25) is 0 Å². The Morgan fingerprint density at radius 1 is 1.28 bits per heavy atom. The molecule has 1 aliphatic heterocycles. The molecule has 1 aromatic carbocycles. The van der Waals surface area contributed by atoms with Gasteiger partial charge in [0.1, 0.15) is 13.1 Å². The van der Waals surface area contributed by atoms with Crippen LogP contribution in [-0.4, -0.2) is 35.7 Å². The standard InChI is InChI=1S/C12H11BrN2O3/c1-7-2-3-8(9(13)4-7)12(18)15-5-10(16)14-11(17)6-15/h2-4H,5-6H2,1H3,(H,14,16,17). The maximum absolute atomic E-state index is 12.2. The van der Waals surface area contributed by atoms with Gasteiger partial charge in [-0.1, -0.05) is 6.07 Å². The van der Waals surface area contributed by atoms with Crippen molar-refractivity contribution < 1.29 is 14.4 Å². The molecule has 0 unspecified atom stereocenters. The molecule has 1 heterocycles. The van der Waals surface area contributed by atoms with Crippen LogP contribution >= 0.6 is 15.9 Å². The first kappa shape index (κ1) is 12.8. The average Bonchev–Trinajstić information content (AvgIpc) is 2.26. The van der Waals surface area contributed by atoms with Gasteiger partial charge in [0.2, 0.25) is 11.8 Å². The molecule has 94 valence electrons. The first-order valence-electron chi connectivity index (χ1n) is 5.35. The monoisotopic (exact) mass is 310 g/mol. The molecule has 0 aliphatic carbocycles. The number of nitrogens with one attached hydrogen (secondary N) is 1. The Hall–Kier alpha value is -1.69. The molecule has 0 atom stereocenters. The predicted octanol–water partition coefficient (Wildman–Crippen LogP) is 0.856. The number of piperazine rings is 1. The summed E-state index contributed by atoms with van der Waals surface area (Å²) in [7, 11) is 0. The van der Waals surface area contributed by atoms with Gasteiger partial charge in [-0.05, 0) is 40.5 Å². The third kappa shape index (κ3) is 2.59. The Kier molecular flexibility index (Phi) is 3.47. The Bertz CT molecular complexity index is 526. The van der Waals surface area contributed by atoms with Gasteiger partial charge in [0, 0.05) is 4.47 Å². The van der Waals surface area contributed by atoms with Crippen molar-refractivity contribution in [3.8, 4) is 0 Å². The third-order valence-electron chi connectivity index (χ3n) is 2.59. The number of imide groups is 1. The number of amides is 3. The van der Waals surface area contributed by atoms with Crippen LogP contribution in [0.1, 0.15) is 15.9 Å². The number of rotatable bonds is 1. The molecule has 2 rings (SSSR count). The van der Waals surface area contributed by atoms with Crippen molar-refractivity contribution in [3.63, 3.8) is 0 Å². The molecule has 3 amide bonds. The number of hydrogen-bond acceptors (Lipinski definition) is 3. The maximum Gasteiger partial charge on any atom is 0.255 e. The molecular formula is C12H11BrN2O3. The second-order valence-electron chi connectivity index (χ2n) is 4.12. The third-order valence-corrected chi connectivity index (χ3v) is 3.25. The van der Waals surface area contributed by atoms with Gasteiger partial charge in [-0.15, -0.1) is 0 Å². The first-order chi connectivity index (χ1) is 8.47. The van der Waals surface area contributed by atoms with E-state index in [2.05, 4.69) is 21.2 Å². The average molecular weight is 311 g/mol. The summed E-state index contributed by atoms with van der Waals surface area (Å²) in [6.45, 7) is 1.73. The van der Waals surface area contributed by atoms with Crippen molar-refractivity contribution in [1.82, 2.24) is 10.2 Å². The zero-order chi connectivity index (χ0) is 13.3. The number of hydrogen-bond donors (Lipinski definition) is 1. The van der Waals surface area contributed by atoms with E-state index in [9.17, 15) is 14.4 Å². The first-order valence-corrected chi connectivity index (χ1v) is 6.15. The van der Waals surface area contributed by atoms with E-state index in [1.807, 2.05) is 19.1 Å². The van der Waals surface area contributed by atoms with Crippen LogP contribution in [0, 0.1) is 6.92 Å². The summed E-state index contributed by atoms with van der Waals surface area (Å²) in [5, 5.41) is 2.16. The van der Waals surface area contributed by atoms with Crippen LogP contribution in [0.4, 0.5) is 0 Å². The molecular weight excluding hydrogens is 300 g/mol. The number of aryl methyl sites for hydroxylation is 1. The van der Waals surface area contributed by atoms with Gasteiger partial charge >= 0.3 is 0 Å². The number of carbonyl (C=O) groups excluding carboxylic acids is 3. The molecule has 1 fully saturated rings. The minimum absolute atomic E-state index is 0.0924. The Labute approximate surface area is 112 Å². The highest BCUT2D eigenvalue weighted by Crippen LogP contribution is 2.20. The Morgan fingerprint density at radius 3 is 2.44 bits per heavy atom. The van der Waals surface area contributed by atoms with E-state index in [1.54, 1.807) is 6.07 Å². The van der Waals surface area contributed by atoms with Gasteiger partial charge in [0.05, 0.1) is 5.56 Å². The highest BCUT2D eigenvalue weighted by atomic mass is 79.9. The van der Waals surface area contributed by atoms with Crippen LogP contribution in [0.25, 0.3) is 0 Å². The molecule has 6 heteroatoms. The molecule has 1 saturated heterocycles. The summed E-state index contributed by atoms with van der Waals surface area (Å²) >= 11 is 3.31. The molecule has 0 radical (unpaired) electrons. The van der Waals surface area contributed by atoms with Crippen molar-refractivity contribution in [2.75, 3.05) is 13.1 Å². The summed E-state index contributed by atoms with van der Waals surface area (Å²) < 4.78 is 0.658. The van der Waals surface area contributed by atoms with Crippen molar-refractivity contribution in [2.24, 2.45) is 0 Å². The predicted molar refractivity (Wildman–Crippen MR) is 67.9 cm³/mol. The van der Waals surface area contributed by atoms with Gasteiger partial charge in [0.15, 0.2) is 0 Å². The van der Waals surface area contributed by atoms with E-state index in [0.29, 0.717) is 10.0 Å². The van der Waals surface area contributed by atoms with Crippen molar-refractivity contribution in [3.05, 3.63) is 33.8 Å². The van der Waals surface area contributed by atoms with E-state index < -0.39 is 11.8 Å². The number of halogens is 1. The molecule has 5 nitrogen and oxygen atoms in total. The molecule has 1 aliphatic rings. The SMILES string of the molecule is Cc1ccc(C(=O)N2CC(=O)NC(=O)C2)c(Br)c1. The van der Waals surface area contributed by atoms with Crippen molar-refractivity contribution in [2.45, 2.75) is 6.92 Å². The van der Waals surface area contributed by atoms with E-state index in [0.717, 1.165) is 5.56 Å². The number of carbonyl (C=O) groups is 3. The largest absolute Gasteiger partial charge is 0.320 e. The molecule has 0 saturated carbocycles. The lowest BCUT2D eigenvalue weighted by molar-refractivity contribution is -0.135. The van der Waals surface area contributed by atoms with Gasteiger partial charge in [-0.25, -0.2) is 0 Å². The lowest BCUT2D eigenvalue weighted by Gasteiger charge is -2.25. The number of nitrogens with zero attached hydrogens (tertiary/aromatic N) is 1. The fraction of sp³-hybridized carbons (Fsp3) is 0.250. The van der Waals surface area contributed by atoms with Gasteiger partial charge < -0.3 is 4.90 Å². The smallest absolute Gasteiger partial charge is 0.255 e. The van der Waals surface area contributed by atoms with E-state index in [1.165, 1.54) is 4.90 Å². The van der Waals surface area contributed by atoms with Gasteiger partial charge in [-0.3, -0.25) is 19.7 Å². The topological polar surface area (TPSA) is 66.5 Å². The van der Waals surface area contributed by atoms with Gasteiger partial charge in [0.25, 0.3) is 5.91 Å². The van der Waals surface area contributed by atoms with Crippen LogP contribution in [0.3, 0.4) is 0 Å². The van der Waals surface area contributed by atoms with E-state index in [4.69, 9.17) is 0 Å². The maximum atomic E-state index is 12.2. The molecule has 18 heavy (non-hydrogen) atoms. The van der Waals surface area contributed by atoms with E-state index in [-0.39, 0.29) is 19.0 Å². The van der Waals surface area contributed by atoms with Crippen LogP contribution in [-0.2, 0) is 9.59 Å². The highest BCUT2D eigenvalue weighted by Gasteiger charge is 2.27. The molecule has 1 N–H and O–H groups in total. The molecule has 0 bridgehead atoms. The Balaban J connectivity index is 2.25. The van der Waals surface area contributed by atoms with Crippen LogP contribution in [0.5, 0.6) is 0 Å². The zero-order valence-electron chi connectivity index (χ0n) is 9.70. The van der Waals surface area contributed by atoms with Gasteiger partial charge in [-0.2, -0.15) is 0 Å².